The SMILES string of the molecule is C=C[C@@H](OC(=O)c1ccccc1)[C@@H](OCC1(COC(=O)C(C)(C)C)CC1)C1CO1. The number of benzene rings is 1. The van der Waals surface area contributed by atoms with E-state index < -0.39 is 23.6 Å². The smallest absolute Gasteiger partial charge is 0.338 e. The number of carbonyl (C=O) groups is 2. The maximum Gasteiger partial charge on any atom is 0.338 e. The third-order valence-electron chi connectivity index (χ3n) is 5.20. The van der Waals surface area contributed by atoms with E-state index in [1.165, 1.54) is 0 Å². The van der Waals surface area contributed by atoms with Crippen molar-refractivity contribution < 1.29 is 28.5 Å². The summed E-state index contributed by atoms with van der Waals surface area (Å²) in [4.78, 5) is 24.5. The molecule has 1 unspecified atom stereocenters. The highest BCUT2D eigenvalue weighted by Crippen LogP contribution is 2.47. The molecular weight excluding hydrogens is 372 g/mol. The Labute approximate surface area is 172 Å². The zero-order chi connectivity index (χ0) is 21.1. The van der Waals surface area contributed by atoms with Crippen LogP contribution in [0.25, 0.3) is 0 Å². The molecule has 0 aromatic heterocycles. The Morgan fingerprint density at radius 2 is 1.90 bits per heavy atom. The van der Waals surface area contributed by atoms with Gasteiger partial charge in [-0.3, -0.25) is 4.79 Å². The highest BCUT2D eigenvalue weighted by atomic mass is 16.6. The quantitative estimate of drug-likeness (QED) is 0.338. The van der Waals surface area contributed by atoms with E-state index in [0.29, 0.717) is 25.4 Å². The number of rotatable bonds is 10. The molecule has 6 heteroatoms. The lowest BCUT2D eigenvalue weighted by atomic mass is 9.97. The van der Waals surface area contributed by atoms with Crippen molar-refractivity contribution in [1.82, 2.24) is 0 Å². The highest BCUT2D eigenvalue weighted by Gasteiger charge is 2.48. The van der Waals surface area contributed by atoms with E-state index in [1.807, 2.05) is 26.8 Å². The third-order valence-corrected chi connectivity index (χ3v) is 5.20. The Balaban J connectivity index is 1.56. The summed E-state index contributed by atoms with van der Waals surface area (Å²) in [6, 6.07) is 8.82. The van der Waals surface area contributed by atoms with Crippen LogP contribution in [0.2, 0.25) is 0 Å². The van der Waals surface area contributed by atoms with E-state index in [2.05, 4.69) is 6.58 Å². The third kappa shape index (κ3) is 5.90. The van der Waals surface area contributed by atoms with Crippen molar-refractivity contribution >= 4 is 11.9 Å². The van der Waals surface area contributed by atoms with Crippen LogP contribution in [-0.2, 0) is 23.7 Å². The number of carbonyl (C=O) groups excluding carboxylic acids is 2. The molecule has 1 aromatic rings. The molecule has 3 atom stereocenters. The molecule has 0 spiro atoms. The predicted octanol–water partition coefficient (Wildman–Crippen LogP) is 3.55. The molecule has 6 nitrogen and oxygen atoms in total. The number of hydrogen-bond acceptors (Lipinski definition) is 6. The lowest BCUT2D eigenvalue weighted by Gasteiger charge is -2.26. The fraction of sp³-hybridized carbons (Fsp3) is 0.565. The van der Waals surface area contributed by atoms with Gasteiger partial charge < -0.3 is 18.9 Å². The fourth-order valence-corrected chi connectivity index (χ4v) is 2.89. The highest BCUT2D eigenvalue weighted by molar-refractivity contribution is 5.89. The maximum atomic E-state index is 12.4. The second-order valence-electron chi connectivity index (χ2n) is 8.95. The van der Waals surface area contributed by atoms with E-state index in [1.54, 1.807) is 30.3 Å². The minimum absolute atomic E-state index is 0.130. The van der Waals surface area contributed by atoms with E-state index in [4.69, 9.17) is 18.9 Å². The lowest BCUT2D eigenvalue weighted by molar-refractivity contribution is -0.156. The Kier molecular flexibility index (Phi) is 6.44. The van der Waals surface area contributed by atoms with Gasteiger partial charge in [0.15, 0.2) is 0 Å². The average molecular weight is 402 g/mol. The van der Waals surface area contributed by atoms with Gasteiger partial charge in [-0.2, -0.15) is 0 Å². The molecule has 1 saturated carbocycles. The molecule has 1 heterocycles. The topological polar surface area (TPSA) is 74.4 Å². The summed E-state index contributed by atoms with van der Waals surface area (Å²) < 4.78 is 22.7. The van der Waals surface area contributed by atoms with Crippen LogP contribution in [0.3, 0.4) is 0 Å². The molecule has 3 rings (SSSR count). The number of epoxide rings is 1. The van der Waals surface area contributed by atoms with E-state index in [0.717, 1.165) is 12.8 Å². The van der Waals surface area contributed by atoms with Gasteiger partial charge in [0.05, 0.1) is 30.8 Å². The molecule has 0 bridgehead atoms. The zero-order valence-electron chi connectivity index (χ0n) is 17.4. The minimum Gasteiger partial charge on any atom is -0.465 e. The molecule has 1 aliphatic heterocycles. The van der Waals surface area contributed by atoms with E-state index in [9.17, 15) is 9.59 Å². The van der Waals surface area contributed by atoms with Crippen LogP contribution in [0.15, 0.2) is 43.0 Å². The predicted molar refractivity (Wildman–Crippen MR) is 107 cm³/mol. The first-order chi connectivity index (χ1) is 13.7. The first-order valence-electron chi connectivity index (χ1n) is 10.0. The molecule has 29 heavy (non-hydrogen) atoms. The normalized spacial score (nSPS) is 21.6. The van der Waals surface area contributed by atoms with Gasteiger partial charge in [0.1, 0.15) is 18.3 Å². The maximum absolute atomic E-state index is 12.4. The molecule has 1 aromatic carbocycles. The van der Waals surface area contributed by atoms with Crippen molar-refractivity contribution in [3.8, 4) is 0 Å². The molecule has 2 aliphatic rings. The van der Waals surface area contributed by atoms with Gasteiger partial charge in [0, 0.05) is 5.41 Å². The van der Waals surface area contributed by atoms with E-state index in [-0.39, 0.29) is 17.5 Å². The van der Waals surface area contributed by atoms with E-state index >= 15 is 0 Å². The molecule has 2 fully saturated rings. The van der Waals surface area contributed by atoms with Gasteiger partial charge in [0.2, 0.25) is 0 Å². The minimum atomic E-state index is -0.622. The summed E-state index contributed by atoms with van der Waals surface area (Å²) in [6.07, 6.45) is 2.26. The van der Waals surface area contributed by atoms with Crippen LogP contribution < -0.4 is 0 Å². The second-order valence-corrected chi connectivity index (χ2v) is 8.95. The Morgan fingerprint density at radius 3 is 2.41 bits per heavy atom. The number of esters is 2. The van der Waals surface area contributed by atoms with Crippen molar-refractivity contribution in [2.24, 2.45) is 10.8 Å². The summed E-state index contributed by atoms with van der Waals surface area (Å²) in [6.45, 7) is 10.6. The first kappa shape index (κ1) is 21.5. The summed E-state index contributed by atoms with van der Waals surface area (Å²) >= 11 is 0. The van der Waals surface area contributed by atoms with Crippen molar-refractivity contribution in [3.63, 3.8) is 0 Å². The molecule has 0 amide bonds. The Hall–Kier alpha value is -2.18. The van der Waals surface area contributed by atoms with Gasteiger partial charge in [-0.1, -0.05) is 24.8 Å². The Morgan fingerprint density at radius 1 is 1.24 bits per heavy atom. The summed E-state index contributed by atoms with van der Waals surface area (Å²) in [5.74, 6) is -0.642. The summed E-state index contributed by atoms with van der Waals surface area (Å²) in [5, 5.41) is 0. The van der Waals surface area contributed by atoms with Gasteiger partial charge in [-0.25, -0.2) is 4.79 Å². The summed E-state index contributed by atoms with van der Waals surface area (Å²) in [7, 11) is 0. The van der Waals surface area contributed by atoms with Crippen LogP contribution in [0, 0.1) is 10.8 Å². The van der Waals surface area contributed by atoms with Crippen LogP contribution in [0.1, 0.15) is 44.0 Å². The lowest BCUT2D eigenvalue weighted by Crippen LogP contribution is -2.38. The summed E-state index contributed by atoms with van der Waals surface area (Å²) in [5.41, 5.74) is -0.216. The van der Waals surface area contributed by atoms with Gasteiger partial charge in [0.25, 0.3) is 0 Å². The van der Waals surface area contributed by atoms with Crippen molar-refractivity contribution in [2.45, 2.75) is 51.9 Å². The van der Waals surface area contributed by atoms with Gasteiger partial charge in [-0.05, 0) is 51.8 Å². The van der Waals surface area contributed by atoms with Crippen LogP contribution in [0.5, 0.6) is 0 Å². The van der Waals surface area contributed by atoms with Gasteiger partial charge >= 0.3 is 11.9 Å². The second kappa shape index (κ2) is 8.67. The van der Waals surface area contributed by atoms with Crippen molar-refractivity contribution in [1.29, 1.82) is 0 Å². The standard InChI is InChI=1S/C23H30O6/c1-5-17(29-20(24)16-9-7-6-8-10-16)19(18-13-26-18)27-14-23(11-12-23)15-28-21(25)22(2,3)4/h5-10,17-19H,1,11-15H2,2-4H3/t17-,18?,19-/m1/s1. The zero-order valence-corrected chi connectivity index (χ0v) is 17.4. The molecule has 1 aliphatic carbocycles. The molecular formula is C23H30O6. The molecule has 1 saturated heterocycles. The van der Waals surface area contributed by atoms with Crippen LogP contribution >= 0.6 is 0 Å². The first-order valence-corrected chi connectivity index (χ1v) is 10.0. The molecule has 0 N–H and O–H groups in total. The fourth-order valence-electron chi connectivity index (χ4n) is 2.89. The van der Waals surface area contributed by atoms with Crippen molar-refractivity contribution in [3.05, 3.63) is 48.6 Å². The largest absolute Gasteiger partial charge is 0.465 e. The molecule has 158 valence electrons. The number of ether oxygens (including phenoxy) is 4. The monoisotopic (exact) mass is 402 g/mol. The van der Waals surface area contributed by atoms with Crippen molar-refractivity contribution in [2.75, 3.05) is 19.8 Å². The number of hydrogen-bond donors (Lipinski definition) is 0. The van der Waals surface area contributed by atoms with Crippen LogP contribution in [0.4, 0.5) is 0 Å². The average Bonchev–Trinajstić information content (AvgIpc) is 3.61. The molecule has 0 radical (unpaired) electrons. The van der Waals surface area contributed by atoms with Crippen LogP contribution in [-0.4, -0.2) is 50.1 Å². The Bertz CT molecular complexity index is 727. The van der Waals surface area contributed by atoms with Gasteiger partial charge in [-0.15, -0.1) is 0 Å².